The third-order valence-corrected chi connectivity index (χ3v) is 3.26. The minimum Gasteiger partial charge on any atom is -0.497 e. The molecule has 0 bridgehead atoms. The van der Waals surface area contributed by atoms with Crippen LogP contribution in [0.1, 0.15) is 15.9 Å². The Labute approximate surface area is 115 Å². The van der Waals surface area contributed by atoms with Gasteiger partial charge in [0.15, 0.2) is 0 Å². The Morgan fingerprint density at radius 2 is 2.05 bits per heavy atom. The second kappa shape index (κ2) is 5.98. The molecule has 0 aliphatic rings. The van der Waals surface area contributed by atoms with Gasteiger partial charge >= 0.3 is 0 Å². The maximum absolute atomic E-state index is 12.1. The number of allylic oxidation sites excluding steroid dienone is 1. The smallest absolute Gasteiger partial charge is 0.204 e. The van der Waals surface area contributed by atoms with Crippen molar-refractivity contribution in [1.82, 2.24) is 0 Å². The summed E-state index contributed by atoms with van der Waals surface area (Å²) in [5.74, 6) is 0.486. The molecule has 2 rings (SSSR count). The van der Waals surface area contributed by atoms with Crippen molar-refractivity contribution in [3.63, 3.8) is 0 Å². The number of carbonyl (C=O) groups is 1. The number of ketones is 1. The van der Waals surface area contributed by atoms with Gasteiger partial charge in [-0.2, -0.15) is 16.6 Å². The second-order valence-corrected chi connectivity index (χ2v) is 4.56. The van der Waals surface area contributed by atoms with E-state index in [-0.39, 0.29) is 11.4 Å². The van der Waals surface area contributed by atoms with Crippen LogP contribution in [0.2, 0.25) is 0 Å². The zero-order valence-electron chi connectivity index (χ0n) is 10.3. The van der Waals surface area contributed by atoms with Gasteiger partial charge in [-0.15, -0.1) is 0 Å². The van der Waals surface area contributed by atoms with Crippen LogP contribution in [0.25, 0.3) is 6.08 Å². The fraction of sp³-hybridized carbons (Fsp3) is 0.0667. The van der Waals surface area contributed by atoms with Gasteiger partial charge in [-0.05, 0) is 35.2 Å². The van der Waals surface area contributed by atoms with E-state index in [1.165, 1.54) is 11.3 Å². The van der Waals surface area contributed by atoms with Crippen LogP contribution in [-0.2, 0) is 0 Å². The standard InChI is InChI=1S/C15H11NO2S/c1-18-14-4-2-11(3-5-14)8-13(9-16)15(17)12-6-7-19-10-12/h2-8,10H,1H3. The van der Waals surface area contributed by atoms with E-state index in [4.69, 9.17) is 10.00 Å². The van der Waals surface area contributed by atoms with E-state index in [2.05, 4.69) is 0 Å². The van der Waals surface area contributed by atoms with Gasteiger partial charge in [-0.1, -0.05) is 12.1 Å². The summed E-state index contributed by atoms with van der Waals surface area (Å²) >= 11 is 1.43. The Hall–Kier alpha value is -2.38. The number of rotatable bonds is 4. The molecule has 0 N–H and O–H groups in total. The van der Waals surface area contributed by atoms with Crippen LogP contribution >= 0.6 is 11.3 Å². The molecule has 0 atom stereocenters. The third-order valence-electron chi connectivity index (χ3n) is 2.58. The van der Waals surface area contributed by atoms with E-state index < -0.39 is 0 Å². The van der Waals surface area contributed by atoms with E-state index in [0.717, 1.165) is 11.3 Å². The Morgan fingerprint density at radius 3 is 2.58 bits per heavy atom. The number of hydrogen-bond donors (Lipinski definition) is 0. The predicted molar refractivity (Wildman–Crippen MR) is 75.2 cm³/mol. The number of Topliss-reactive ketones (excluding diaryl/α,β-unsaturated/α-hetero) is 1. The molecule has 94 valence electrons. The number of benzene rings is 1. The van der Waals surface area contributed by atoms with Crippen LogP contribution in [0.4, 0.5) is 0 Å². The summed E-state index contributed by atoms with van der Waals surface area (Å²) in [4.78, 5) is 12.1. The molecule has 1 heterocycles. The molecule has 0 fully saturated rings. The lowest BCUT2D eigenvalue weighted by atomic mass is 10.0. The number of hydrogen-bond acceptors (Lipinski definition) is 4. The van der Waals surface area contributed by atoms with Crippen molar-refractivity contribution >= 4 is 23.2 Å². The number of carbonyl (C=O) groups excluding carboxylic acids is 1. The van der Waals surface area contributed by atoms with E-state index in [1.807, 2.05) is 11.4 Å². The molecule has 0 saturated heterocycles. The molecule has 0 aliphatic heterocycles. The summed E-state index contributed by atoms with van der Waals surface area (Å²) in [6, 6.07) is 10.8. The first kappa shape index (κ1) is 13.1. The molecule has 0 saturated carbocycles. The fourth-order valence-corrected chi connectivity index (χ4v) is 2.20. The van der Waals surface area contributed by atoms with Crippen molar-refractivity contribution in [2.75, 3.05) is 7.11 Å². The zero-order chi connectivity index (χ0) is 13.7. The van der Waals surface area contributed by atoms with E-state index in [0.29, 0.717) is 5.56 Å². The highest BCUT2D eigenvalue weighted by atomic mass is 32.1. The highest BCUT2D eigenvalue weighted by Gasteiger charge is 2.12. The van der Waals surface area contributed by atoms with Crippen molar-refractivity contribution < 1.29 is 9.53 Å². The highest BCUT2D eigenvalue weighted by Crippen LogP contribution is 2.17. The number of methoxy groups -OCH3 is 1. The van der Waals surface area contributed by atoms with Crippen molar-refractivity contribution in [2.45, 2.75) is 0 Å². The predicted octanol–water partition coefficient (Wildman–Crippen LogP) is 3.55. The van der Waals surface area contributed by atoms with E-state index in [1.54, 1.807) is 48.9 Å². The number of nitriles is 1. The maximum Gasteiger partial charge on any atom is 0.204 e. The lowest BCUT2D eigenvalue weighted by Gasteiger charge is -2.00. The number of thiophene rings is 1. The molecule has 1 aromatic carbocycles. The number of nitrogens with zero attached hydrogens (tertiary/aromatic N) is 1. The topological polar surface area (TPSA) is 50.1 Å². The largest absolute Gasteiger partial charge is 0.497 e. The van der Waals surface area contributed by atoms with Crippen LogP contribution < -0.4 is 4.74 Å². The summed E-state index contributed by atoms with van der Waals surface area (Å²) in [7, 11) is 1.59. The van der Waals surface area contributed by atoms with Crippen LogP contribution in [0, 0.1) is 11.3 Å². The van der Waals surface area contributed by atoms with Gasteiger partial charge in [0.05, 0.1) is 7.11 Å². The first-order chi connectivity index (χ1) is 9.24. The molecule has 0 unspecified atom stereocenters. The summed E-state index contributed by atoms with van der Waals surface area (Å²) in [6.45, 7) is 0. The lowest BCUT2D eigenvalue weighted by molar-refractivity contribution is 0.104. The molecule has 0 aliphatic carbocycles. The van der Waals surface area contributed by atoms with Crippen LogP contribution in [0.15, 0.2) is 46.7 Å². The van der Waals surface area contributed by atoms with Gasteiger partial charge in [0.1, 0.15) is 17.4 Å². The van der Waals surface area contributed by atoms with E-state index >= 15 is 0 Å². The Balaban J connectivity index is 2.28. The average molecular weight is 269 g/mol. The fourth-order valence-electron chi connectivity index (χ4n) is 1.56. The van der Waals surface area contributed by atoms with Crippen molar-refractivity contribution in [3.8, 4) is 11.8 Å². The quantitative estimate of drug-likeness (QED) is 0.484. The average Bonchev–Trinajstić information content (AvgIpc) is 2.99. The molecular weight excluding hydrogens is 258 g/mol. The lowest BCUT2D eigenvalue weighted by Crippen LogP contribution is -1.99. The monoisotopic (exact) mass is 269 g/mol. The third kappa shape index (κ3) is 3.09. The van der Waals surface area contributed by atoms with Crippen LogP contribution in [-0.4, -0.2) is 12.9 Å². The van der Waals surface area contributed by atoms with Gasteiger partial charge in [0, 0.05) is 10.9 Å². The normalized spacial score (nSPS) is 10.8. The Bertz CT molecular complexity index is 634. The minimum atomic E-state index is -0.250. The molecule has 0 spiro atoms. The van der Waals surface area contributed by atoms with Gasteiger partial charge in [0.2, 0.25) is 5.78 Å². The minimum absolute atomic E-state index is 0.128. The molecule has 3 nitrogen and oxygen atoms in total. The second-order valence-electron chi connectivity index (χ2n) is 3.78. The van der Waals surface area contributed by atoms with Gasteiger partial charge in [-0.3, -0.25) is 4.79 Å². The first-order valence-electron chi connectivity index (χ1n) is 5.57. The molecule has 19 heavy (non-hydrogen) atoms. The summed E-state index contributed by atoms with van der Waals surface area (Å²) in [5, 5.41) is 12.6. The van der Waals surface area contributed by atoms with Gasteiger partial charge in [-0.25, -0.2) is 0 Å². The molecule has 0 amide bonds. The molecule has 0 radical (unpaired) electrons. The van der Waals surface area contributed by atoms with Crippen LogP contribution in [0.3, 0.4) is 0 Å². The molecule has 1 aromatic heterocycles. The van der Waals surface area contributed by atoms with Crippen LogP contribution in [0.5, 0.6) is 5.75 Å². The van der Waals surface area contributed by atoms with E-state index in [9.17, 15) is 4.79 Å². The Kier molecular flexibility index (Phi) is 4.11. The van der Waals surface area contributed by atoms with Gasteiger partial charge in [0.25, 0.3) is 0 Å². The summed E-state index contributed by atoms with van der Waals surface area (Å²) < 4.78 is 5.06. The van der Waals surface area contributed by atoms with Crippen molar-refractivity contribution in [1.29, 1.82) is 5.26 Å². The van der Waals surface area contributed by atoms with Gasteiger partial charge < -0.3 is 4.74 Å². The number of ether oxygens (including phenoxy) is 1. The molecule has 2 aromatic rings. The molecule has 4 heteroatoms. The molecular formula is C15H11NO2S. The summed E-state index contributed by atoms with van der Waals surface area (Å²) in [5.41, 5.74) is 1.47. The first-order valence-corrected chi connectivity index (χ1v) is 6.51. The maximum atomic E-state index is 12.1. The Morgan fingerprint density at radius 1 is 1.32 bits per heavy atom. The zero-order valence-corrected chi connectivity index (χ0v) is 11.1. The highest BCUT2D eigenvalue weighted by molar-refractivity contribution is 7.08. The summed E-state index contributed by atoms with van der Waals surface area (Å²) in [6.07, 6.45) is 1.58. The van der Waals surface area contributed by atoms with Crippen molar-refractivity contribution in [3.05, 3.63) is 57.8 Å². The SMILES string of the molecule is COc1ccc(C=C(C#N)C(=O)c2ccsc2)cc1. The van der Waals surface area contributed by atoms with Crippen molar-refractivity contribution in [2.24, 2.45) is 0 Å².